The van der Waals surface area contributed by atoms with Gasteiger partial charge in [-0.2, -0.15) is 0 Å². The summed E-state index contributed by atoms with van der Waals surface area (Å²) < 4.78 is 87.6. The van der Waals surface area contributed by atoms with Gasteiger partial charge >= 0.3 is 268 Å². The van der Waals surface area contributed by atoms with Gasteiger partial charge in [0.15, 0.2) is 0 Å². The summed E-state index contributed by atoms with van der Waals surface area (Å²) in [6.07, 6.45) is -6.29. The second-order valence-electron chi connectivity index (χ2n) is 12.2. The molecule has 0 spiro atoms. The van der Waals surface area contributed by atoms with E-state index in [0.717, 1.165) is 49.8 Å². The third kappa shape index (κ3) is 7.05. The van der Waals surface area contributed by atoms with Crippen molar-refractivity contribution in [1.29, 1.82) is 0 Å². The van der Waals surface area contributed by atoms with Crippen LogP contribution in [-0.4, -0.2) is 3.21 Å². The zero-order chi connectivity index (χ0) is 32.3. The molecule has 2 aliphatic carbocycles. The maximum absolute atomic E-state index is 14.1. The minimum atomic E-state index is -4.60. The summed E-state index contributed by atoms with van der Waals surface area (Å²) in [6, 6.07) is 24.6. The summed E-state index contributed by atoms with van der Waals surface area (Å²) in [5, 5.41) is 0. The Balaban J connectivity index is 0.00000250. The SMILES string of the molecule is CC1=[C]([Zr+2](=[C](c2cccc(C(F)(F)F)c2)c2cccc(C(F)(F)F)c2)[c]2cccc3c2Cc2ccccc2-3)C(C)C=C1C(C)C.[Cl-].[Cl-]. The Hall–Kier alpha value is -2.73. The molecule has 0 saturated carbocycles. The van der Waals surface area contributed by atoms with Gasteiger partial charge in [0.2, 0.25) is 0 Å². The van der Waals surface area contributed by atoms with E-state index in [1.165, 1.54) is 26.6 Å². The first kappa shape index (κ1) is 37.1. The monoisotopic (exact) mass is 762 g/mol. The van der Waals surface area contributed by atoms with Crippen molar-refractivity contribution in [3.63, 3.8) is 0 Å². The van der Waals surface area contributed by atoms with E-state index < -0.39 is 44.7 Å². The molecular weight excluding hydrogens is 733 g/mol. The summed E-state index contributed by atoms with van der Waals surface area (Å²) in [6.45, 7) is 8.44. The van der Waals surface area contributed by atoms with E-state index in [0.29, 0.717) is 20.8 Å². The molecule has 244 valence electrons. The van der Waals surface area contributed by atoms with Crippen molar-refractivity contribution in [2.75, 3.05) is 0 Å². The van der Waals surface area contributed by atoms with Gasteiger partial charge in [0.25, 0.3) is 0 Å². The molecule has 0 N–H and O–H groups in total. The van der Waals surface area contributed by atoms with Crippen molar-refractivity contribution < 1.29 is 72.4 Å². The smallest absolute Gasteiger partial charge is 1.00 e. The Morgan fingerprint density at radius 3 is 1.79 bits per heavy atom. The van der Waals surface area contributed by atoms with Gasteiger partial charge in [0.1, 0.15) is 0 Å². The molecule has 0 nitrogen and oxygen atoms in total. The molecule has 0 heterocycles. The summed E-state index contributed by atoms with van der Waals surface area (Å²) in [7, 11) is 0. The Kier molecular flexibility index (Phi) is 11.1. The van der Waals surface area contributed by atoms with E-state index >= 15 is 0 Å². The fourth-order valence-electron chi connectivity index (χ4n) is 6.98. The van der Waals surface area contributed by atoms with Crippen LogP contribution in [0.5, 0.6) is 0 Å². The second kappa shape index (κ2) is 14.0. The zero-order valence-corrected chi connectivity index (χ0v) is 30.1. The van der Waals surface area contributed by atoms with Crippen LogP contribution in [0.25, 0.3) is 11.1 Å². The van der Waals surface area contributed by atoms with Gasteiger partial charge in [0, 0.05) is 0 Å². The Morgan fingerprint density at radius 2 is 1.26 bits per heavy atom. The van der Waals surface area contributed by atoms with Crippen molar-refractivity contribution in [1.82, 2.24) is 0 Å². The molecule has 1 unspecified atom stereocenters. The van der Waals surface area contributed by atoms with Crippen molar-refractivity contribution in [3.8, 4) is 11.1 Å². The predicted octanol–water partition coefficient (Wildman–Crippen LogP) is 4.32. The van der Waals surface area contributed by atoms with Crippen LogP contribution in [-0.2, 0) is 40.0 Å². The Labute approximate surface area is 291 Å². The van der Waals surface area contributed by atoms with Crippen molar-refractivity contribution in [2.24, 2.45) is 11.8 Å². The summed E-state index contributed by atoms with van der Waals surface area (Å²) in [4.78, 5) is 0. The molecule has 1 atom stereocenters. The van der Waals surface area contributed by atoms with Crippen LogP contribution >= 0.6 is 0 Å². The van der Waals surface area contributed by atoms with Crippen LogP contribution < -0.4 is 28.1 Å². The first-order valence-corrected chi connectivity index (χ1v) is 18.7. The molecule has 2 aliphatic rings. The molecular formula is C38H32Cl2F6Zr. The quantitative estimate of drug-likeness (QED) is 0.234. The normalized spacial score (nSPS) is 15.3. The number of rotatable bonds is 5. The van der Waals surface area contributed by atoms with Gasteiger partial charge in [-0.1, -0.05) is 0 Å². The van der Waals surface area contributed by atoms with Gasteiger partial charge in [-0.25, -0.2) is 0 Å². The fraction of sp³-hybridized carbons (Fsp3) is 0.237. The van der Waals surface area contributed by atoms with E-state index in [2.05, 4.69) is 58.0 Å². The molecule has 0 saturated heterocycles. The number of allylic oxidation sites excluding steroid dienone is 4. The fourth-order valence-corrected chi connectivity index (χ4v) is 15.7. The zero-order valence-electron chi connectivity index (χ0n) is 26.1. The first-order chi connectivity index (χ1) is 21.3. The average molecular weight is 765 g/mol. The molecule has 0 aliphatic heterocycles. The molecule has 47 heavy (non-hydrogen) atoms. The standard InChI is InChI=1S/C15H8F6.C13H9.C10H15.2ClH.Zr/c16-14(17,18)12-5-1-3-10(8-12)7-11-4-2-6-13(9-11)15(19,20)21;1-3-7-12-10(5-1)9-11-6-2-4-8-13(11)12;1-7(2)10-6-8(3)5-9(10)4;;;/h1-6,8-9H;1-5,7-8H,9H2;6-8H,1-4H3;2*1H;/q;;;;;+2/p-2. The number of hydrogen-bond donors (Lipinski definition) is 0. The average Bonchev–Trinajstić information content (AvgIpc) is 3.52. The summed E-state index contributed by atoms with van der Waals surface area (Å²) >= 11 is -3.60. The Morgan fingerprint density at radius 1 is 0.723 bits per heavy atom. The van der Waals surface area contributed by atoms with E-state index in [9.17, 15) is 26.3 Å². The van der Waals surface area contributed by atoms with Crippen LogP contribution in [0.15, 0.2) is 111 Å². The van der Waals surface area contributed by atoms with Crippen LogP contribution in [0.3, 0.4) is 0 Å². The predicted molar refractivity (Wildman–Crippen MR) is 165 cm³/mol. The summed E-state index contributed by atoms with van der Waals surface area (Å²) in [5.74, 6) is 0.230. The third-order valence-corrected chi connectivity index (χ3v) is 17.4. The van der Waals surface area contributed by atoms with Crippen LogP contribution in [0.2, 0.25) is 0 Å². The summed E-state index contributed by atoms with van der Waals surface area (Å²) in [5.41, 5.74) is 5.87. The van der Waals surface area contributed by atoms with Gasteiger partial charge < -0.3 is 24.8 Å². The van der Waals surface area contributed by atoms with Gasteiger partial charge in [-0.3, -0.25) is 0 Å². The maximum atomic E-state index is 14.1. The van der Waals surface area contributed by atoms with E-state index in [-0.39, 0.29) is 36.6 Å². The van der Waals surface area contributed by atoms with Crippen molar-refractivity contribution >= 4 is 6.48 Å². The van der Waals surface area contributed by atoms with E-state index in [4.69, 9.17) is 0 Å². The Bertz CT molecular complexity index is 1850. The minimum absolute atomic E-state index is 0. The molecule has 4 aromatic carbocycles. The molecule has 0 radical (unpaired) electrons. The number of alkyl halides is 6. The third-order valence-electron chi connectivity index (χ3n) is 8.94. The number of benzene rings is 4. The number of hydrogen-bond acceptors (Lipinski definition) is 0. The van der Waals surface area contributed by atoms with Crippen molar-refractivity contribution in [2.45, 2.75) is 46.5 Å². The van der Waals surface area contributed by atoms with Gasteiger partial charge in [-0.05, 0) is 0 Å². The first-order valence-electron chi connectivity index (χ1n) is 15.0. The van der Waals surface area contributed by atoms with Crippen LogP contribution in [0.1, 0.15) is 61.1 Å². The molecule has 0 aromatic heterocycles. The maximum Gasteiger partial charge on any atom is -1.00 e. The minimum Gasteiger partial charge on any atom is -1.00 e. The molecule has 0 amide bonds. The van der Waals surface area contributed by atoms with E-state index in [1.54, 1.807) is 12.1 Å². The topological polar surface area (TPSA) is 0 Å². The molecule has 9 heteroatoms. The van der Waals surface area contributed by atoms with Gasteiger partial charge in [-0.15, -0.1) is 0 Å². The number of halogens is 8. The van der Waals surface area contributed by atoms with Crippen LogP contribution in [0.4, 0.5) is 26.3 Å². The van der Waals surface area contributed by atoms with Crippen LogP contribution in [0, 0.1) is 11.8 Å². The van der Waals surface area contributed by atoms with E-state index in [1.807, 2.05) is 18.2 Å². The van der Waals surface area contributed by atoms with Gasteiger partial charge in [0.05, 0.1) is 0 Å². The largest absolute Gasteiger partial charge is 1.00 e. The molecule has 6 rings (SSSR count). The second-order valence-corrected chi connectivity index (χ2v) is 17.9. The van der Waals surface area contributed by atoms with Crippen molar-refractivity contribution in [3.05, 3.63) is 145 Å². The molecule has 0 fully saturated rings. The molecule has 0 bridgehead atoms. The molecule has 4 aromatic rings. The number of fused-ring (bicyclic) bond motifs is 3.